The second kappa shape index (κ2) is 9.05. The normalized spacial score (nSPS) is 17.6. The molecule has 2 aliphatic rings. The molecule has 2 N–H and O–H groups in total. The molecule has 0 radical (unpaired) electrons. The van der Waals surface area contributed by atoms with E-state index >= 15 is 0 Å². The summed E-state index contributed by atoms with van der Waals surface area (Å²) in [5.74, 6) is 0.801. The van der Waals surface area contributed by atoms with Crippen LogP contribution in [0.4, 0.5) is 0 Å². The molecule has 3 rings (SSSR count). The van der Waals surface area contributed by atoms with Crippen LogP contribution in [0.15, 0.2) is 23.1 Å². The Morgan fingerprint density at radius 1 is 1.22 bits per heavy atom. The van der Waals surface area contributed by atoms with Crippen LogP contribution in [0.1, 0.15) is 5.56 Å². The highest BCUT2D eigenvalue weighted by Gasteiger charge is 2.19. The Balaban J connectivity index is 0.00000132. The third-order valence-corrected chi connectivity index (χ3v) is 5.36. The number of hydrogen-bond donors (Lipinski definition) is 2. The summed E-state index contributed by atoms with van der Waals surface area (Å²) in [6.45, 7) is 5.70. The molecule has 0 spiro atoms. The number of hydrogen-bond acceptors (Lipinski definition) is 5. The Morgan fingerprint density at radius 2 is 1.96 bits per heavy atom. The van der Waals surface area contributed by atoms with Crippen LogP contribution >= 0.6 is 24.8 Å². The number of rotatable bonds is 5. The first kappa shape index (κ1) is 20.5. The van der Waals surface area contributed by atoms with Crippen molar-refractivity contribution >= 4 is 34.8 Å². The third-order valence-electron chi connectivity index (χ3n) is 3.90. The van der Waals surface area contributed by atoms with Gasteiger partial charge in [0.05, 0.1) is 11.5 Å². The van der Waals surface area contributed by atoms with Gasteiger partial charge in [0.2, 0.25) is 10.0 Å². The summed E-state index contributed by atoms with van der Waals surface area (Å²) in [4.78, 5) is 2.59. The Labute approximate surface area is 149 Å². The molecule has 0 saturated carbocycles. The van der Waals surface area contributed by atoms with Gasteiger partial charge in [0.1, 0.15) is 5.75 Å². The van der Waals surface area contributed by atoms with Gasteiger partial charge in [0, 0.05) is 45.7 Å². The molecule has 2 heterocycles. The molecule has 0 bridgehead atoms. The molecular formula is C14H23Cl2N3O3S. The van der Waals surface area contributed by atoms with Gasteiger partial charge in [0.15, 0.2) is 0 Å². The van der Waals surface area contributed by atoms with E-state index in [1.165, 1.54) is 0 Å². The fourth-order valence-corrected chi connectivity index (χ4v) is 3.76. The van der Waals surface area contributed by atoms with E-state index in [0.29, 0.717) is 18.0 Å². The predicted molar refractivity (Wildman–Crippen MR) is 94.6 cm³/mol. The van der Waals surface area contributed by atoms with Crippen molar-refractivity contribution < 1.29 is 13.2 Å². The number of nitrogens with zero attached hydrogens (tertiary/aromatic N) is 1. The van der Waals surface area contributed by atoms with E-state index in [4.69, 9.17) is 4.74 Å². The Bertz CT molecular complexity index is 607. The van der Waals surface area contributed by atoms with E-state index in [0.717, 1.165) is 50.5 Å². The largest absolute Gasteiger partial charge is 0.493 e. The molecule has 0 aliphatic carbocycles. The summed E-state index contributed by atoms with van der Waals surface area (Å²) in [7, 11) is -3.43. The lowest BCUT2D eigenvalue weighted by Gasteiger charge is -2.27. The molecule has 0 aromatic heterocycles. The summed E-state index contributed by atoms with van der Waals surface area (Å²) < 4.78 is 32.7. The van der Waals surface area contributed by atoms with Crippen LogP contribution in [-0.4, -0.2) is 59.2 Å². The summed E-state index contributed by atoms with van der Waals surface area (Å²) in [5.41, 5.74) is 0.972. The van der Waals surface area contributed by atoms with Crippen LogP contribution in [-0.2, 0) is 16.4 Å². The quantitative estimate of drug-likeness (QED) is 0.780. The Kier molecular flexibility index (Phi) is 8.06. The van der Waals surface area contributed by atoms with Gasteiger partial charge in [-0.25, -0.2) is 13.1 Å². The summed E-state index contributed by atoms with van der Waals surface area (Å²) >= 11 is 0. The topological polar surface area (TPSA) is 70.7 Å². The number of nitrogens with one attached hydrogen (secondary N) is 2. The summed E-state index contributed by atoms with van der Waals surface area (Å²) in [6, 6.07) is 5.07. The second-order valence-corrected chi connectivity index (χ2v) is 7.12. The number of halogens is 2. The van der Waals surface area contributed by atoms with Crippen molar-refractivity contribution in [2.24, 2.45) is 0 Å². The van der Waals surface area contributed by atoms with E-state index < -0.39 is 10.0 Å². The zero-order valence-corrected chi connectivity index (χ0v) is 15.2. The van der Waals surface area contributed by atoms with Gasteiger partial charge in [-0.15, -0.1) is 24.8 Å². The van der Waals surface area contributed by atoms with Gasteiger partial charge in [-0.2, -0.15) is 0 Å². The minimum atomic E-state index is -3.43. The molecule has 132 valence electrons. The van der Waals surface area contributed by atoms with Crippen LogP contribution in [0.5, 0.6) is 5.75 Å². The number of ether oxygens (including phenoxy) is 1. The fraction of sp³-hybridized carbons (Fsp3) is 0.571. The van der Waals surface area contributed by atoms with Crippen molar-refractivity contribution in [1.29, 1.82) is 0 Å². The minimum absolute atomic E-state index is 0. The van der Waals surface area contributed by atoms with Crippen molar-refractivity contribution in [2.75, 3.05) is 45.9 Å². The van der Waals surface area contributed by atoms with E-state index in [1.54, 1.807) is 18.2 Å². The van der Waals surface area contributed by atoms with Gasteiger partial charge in [-0.3, -0.25) is 4.90 Å². The van der Waals surface area contributed by atoms with Gasteiger partial charge in [0.25, 0.3) is 0 Å². The third kappa shape index (κ3) is 5.20. The molecule has 1 aromatic rings. The molecule has 23 heavy (non-hydrogen) atoms. The first-order chi connectivity index (χ1) is 10.1. The minimum Gasteiger partial charge on any atom is -0.493 e. The smallest absolute Gasteiger partial charge is 0.240 e. The number of fused-ring (bicyclic) bond motifs is 1. The molecule has 6 nitrogen and oxygen atoms in total. The average molecular weight is 384 g/mol. The molecule has 1 saturated heterocycles. The highest BCUT2D eigenvalue weighted by Crippen LogP contribution is 2.27. The molecule has 2 aliphatic heterocycles. The molecule has 1 fully saturated rings. The van der Waals surface area contributed by atoms with Crippen LogP contribution in [0.2, 0.25) is 0 Å². The number of piperazine rings is 1. The molecular weight excluding hydrogens is 361 g/mol. The van der Waals surface area contributed by atoms with E-state index in [9.17, 15) is 8.42 Å². The summed E-state index contributed by atoms with van der Waals surface area (Å²) in [5, 5.41) is 3.28. The van der Waals surface area contributed by atoms with Crippen molar-refractivity contribution in [3.8, 4) is 5.75 Å². The van der Waals surface area contributed by atoms with Gasteiger partial charge in [-0.1, -0.05) is 0 Å². The average Bonchev–Trinajstić information content (AvgIpc) is 2.95. The molecule has 0 atom stereocenters. The zero-order valence-electron chi connectivity index (χ0n) is 12.8. The van der Waals surface area contributed by atoms with Crippen LogP contribution in [0.25, 0.3) is 0 Å². The number of sulfonamides is 1. The highest BCUT2D eigenvalue weighted by atomic mass is 35.5. The first-order valence-electron chi connectivity index (χ1n) is 7.34. The van der Waals surface area contributed by atoms with E-state index in [2.05, 4.69) is 14.9 Å². The van der Waals surface area contributed by atoms with Gasteiger partial charge < -0.3 is 10.1 Å². The first-order valence-corrected chi connectivity index (χ1v) is 8.82. The molecule has 0 amide bonds. The Morgan fingerprint density at radius 3 is 2.70 bits per heavy atom. The maximum absolute atomic E-state index is 12.3. The van der Waals surface area contributed by atoms with Crippen LogP contribution in [0, 0.1) is 0 Å². The van der Waals surface area contributed by atoms with E-state index in [-0.39, 0.29) is 24.8 Å². The van der Waals surface area contributed by atoms with Gasteiger partial charge >= 0.3 is 0 Å². The standard InChI is InChI=1S/C14H21N3O3S.2ClH/c18-21(19,16-6-9-17-7-4-15-5-8-17)13-1-2-14-12(11-13)3-10-20-14;;/h1-2,11,15-16H,3-10H2;2*1H. The van der Waals surface area contributed by atoms with Crippen LogP contribution in [0.3, 0.4) is 0 Å². The van der Waals surface area contributed by atoms with Crippen molar-refractivity contribution in [2.45, 2.75) is 11.3 Å². The lowest BCUT2D eigenvalue weighted by molar-refractivity contribution is 0.245. The van der Waals surface area contributed by atoms with Crippen LogP contribution < -0.4 is 14.8 Å². The zero-order chi connectivity index (χ0) is 14.7. The molecule has 0 unspecified atom stereocenters. The predicted octanol–water partition coefficient (Wildman–Crippen LogP) is 0.649. The lowest BCUT2D eigenvalue weighted by atomic mass is 10.2. The SMILES string of the molecule is Cl.Cl.O=S(=O)(NCCN1CCNCC1)c1ccc2c(c1)CCO2. The fourth-order valence-electron chi connectivity index (χ4n) is 2.69. The van der Waals surface area contributed by atoms with Crippen molar-refractivity contribution in [3.05, 3.63) is 23.8 Å². The molecule has 9 heteroatoms. The maximum Gasteiger partial charge on any atom is 0.240 e. The van der Waals surface area contributed by atoms with Gasteiger partial charge in [-0.05, 0) is 23.8 Å². The molecule has 1 aromatic carbocycles. The lowest BCUT2D eigenvalue weighted by Crippen LogP contribution is -2.46. The van der Waals surface area contributed by atoms with Crippen molar-refractivity contribution in [1.82, 2.24) is 14.9 Å². The number of benzene rings is 1. The monoisotopic (exact) mass is 383 g/mol. The second-order valence-electron chi connectivity index (χ2n) is 5.36. The summed E-state index contributed by atoms with van der Waals surface area (Å²) in [6.07, 6.45) is 0.777. The highest BCUT2D eigenvalue weighted by molar-refractivity contribution is 7.89. The van der Waals surface area contributed by atoms with E-state index in [1.807, 2.05) is 0 Å². The van der Waals surface area contributed by atoms with Crippen molar-refractivity contribution in [3.63, 3.8) is 0 Å². The maximum atomic E-state index is 12.3. The Hall–Kier alpha value is -0.570.